The van der Waals surface area contributed by atoms with Crippen molar-refractivity contribution in [2.24, 2.45) is 16.2 Å². The summed E-state index contributed by atoms with van der Waals surface area (Å²) in [6, 6.07) is -0.0435. The molecule has 20 heavy (non-hydrogen) atoms. The molecule has 0 unspecified atom stereocenters. The lowest BCUT2D eigenvalue weighted by Gasteiger charge is -2.33. The van der Waals surface area contributed by atoms with Gasteiger partial charge in [0.05, 0.1) is 13.2 Å². The van der Waals surface area contributed by atoms with Gasteiger partial charge in [-0.15, -0.1) is 0 Å². The van der Waals surface area contributed by atoms with Gasteiger partial charge < -0.3 is 20.8 Å². The number of methoxy groups -OCH3 is 1. The number of hydrogen-bond donors (Lipinski definition) is 2. The van der Waals surface area contributed by atoms with Crippen LogP contribution in [0, 0.1) is 0 Å². The van der Waals surface area contributed by atoms with Crippen LogP contribution in [0.25, 0.3) is 0 Å². The van der Waals surface area contributed by atoms with Crippen molar-refractivity contribution in [1.82, 2.24) is 10.2 Å². The van der Waals surface area contributed by atoms with Gasteiger partial charge in [0, 0.05) is 12.6 Å². The molecule has 2 rings (SSSR count). The lowest BCUT2D eigenvalue weighted by Crippen LogP contribution is -2.45. The maximum absolute atomic E-state index is 12.3. The SMILES string of the molecule is COC(=O)N[C@@H]1CCN(C2CCC(N=NN)CC2)C1=O. The van der Waals surface area contributed by atoms with Gasteiger partial charge in [-0.25, -0.2) is 4.79 Å². The molecular formula is C12H21N5O3. The van der Waals surface area contributed by atoms with Crippen LogP contribution in [-0.2, 0) is 9.53 Å². The van der Waals surface area contributed by atoms with Crippen molar-refractivity contribution in [2.75, 3.05) is 13.7 Å². The van der Waals surface area contributed by atoms with Gasteiger partial charge in [-0.3, -0.25) is 4.79 Å². The second-order valence-electron chi connectivity index (χ2n) is 5.20. The largest absolute Gasteiger partial charge is 0.453 e. The molecule has 0 aromatic carbocycles. The lowest BCUT2D eigenvalue weighted by atomic mass is 9.91. The Labute approximate surface area is 117 Å². The molecule has 1 atom stereocenters. The lowest BCUT2D eigenvalue weighted by molar-refractivity contribution is -0.131. The van der Waals surface area contributed by atoms with Crippen LogP contribution in [0.5, 0.6) is 0 Å². The third-order valence-electron chi connectivity index (χ3n) is 4.05. The van der Waals surface area contributed by atoms with Crippen LogP contribution in [-0.4, -0.2) is 48.7 Å². The molecule has 112 valence electrons. The molecule has 2 amide bonds. The van der Waals surface area contributed by atoms with E-state index in [-0.39, 0.29) is 18.0 Å². The first-order valence-electron chi connectivity index (χ1n) is 6.90. The summed E-state index contributed by atoms with van der Waals surface area (Å²) >= 11 is 0. The van der Waals surface area contributed by atoms with Crippen LogP contribution in [0.1, 0.15) is 32.1 Å². The highest BCUT2D eigenvalue weighted by atomic mass is 16.5. The number of nitrogens with two attached hydrogens (primary N) is 1. The molecule has 0 radical (unpaired) electrons. The van der Waals surface area contributed by atoms with E-state index < -0.39 is 12.1 Å². The fourth-order valence-corrected chi connectivity index (χ4v) is 2.98. The molecular weight excluding hydrogens is 262 g/mol. The molecule has 1 heterocycles. The summed E-state index contributed by atoms with van der Waals surface area (Å²) in [5.74, 6) is 5.04. The van der Waals surface area contributed by atoms with E-state index in [0.717, 1.165) is 25.7 Å². The third kappa shape index (κ3) is 3.17. The summed E-state index contributed by atoms with van der Waals surface area (Å²) < 4.78 is 4.53. The van der Waals surface area contributed by atoms with Crippen molar-refractivity contribution in [3.63, 3.8) is 0 Å². The van der Waals surface area contributed by atoms with Gasteiger partial charge in [0.15, 0.2) is 0 Å². The van der Waals surface area contributed by atoms with Crippen molar-refractivity contribution in [1.29, 1.82) is 0 Å². The maximum atomic E-state index is 12.3. The normalized spacial score (nSPS) is 30.8. The molecule has 3 N–H and O–H groups in total. The highest BCUT2D eigenvalue weighted by Crippen LogP contribution is 2.28. The highest BCUT2D eigenvalue weighted by Gasteiger charge is 2.38. The van der Waals surface area contributed by atoms with Crippen LogP contribution >= 0.6 is 0 Å². The van der Waals surface area contributed by atoms with Gasteiger partial charge >= 0.3 is 6.09 Å². The summed E-state index contributed by atoms with van der Waals surface area (Å²) in [7, 11) is 1.29. The first-order valence-corrected chi connectivity index (χ1v) is 6.90. The van der Waals surface area contributed by atoms with Gasteiger partial charge in [-0.1, -0.05) is 5.22 Å². The van der Waals surface area contributed by atoms with Gasteiger partial charge in [0.2, 0.25) is 5.91 Å². The average Bonchev–Trinajstić information content (AvgIpc) is 2.81. The number of nitrogens with zero attached hydrogens (tertiary/aromatic N) is 3. The van der Waals surface area contributed by atoms with E-state index in [0.29, 0.717) is 13.0 Å². The van der Waals surface area contributed by atoms with Crippen LogP contribution in [0.4, 0.5) is 4.79 Å². The van der Waals surface area contributed by atoms with Crippen LogP contribution in [0.2, 0.25) is 0 Å². The number of carbonyl (C=O) groups excluding carboxylic acids is 2. The van der Waals surface area contributed by atoms with E-state index in [1.807, 2.05) is 4.90 Å². The maximum Gasteiger partial charge on any atom is 0.407 e. The monoisotopic (exact) mass is 283 g/mol. The predicted octanol–water partition coefficient (Wildman–Crippen LogP) is 0.580. The van der Waals surface area contributed by atoms with Gasteiger partial charge in [0.25, 0.3) is 0 Å². The van der Waals surface area contributed by atoms with Crippen LogP contribution < -0.4 is 11.2 Å². The van der Waals surface area contributed by atoms with Crippen LogP contribution in [0.15, 0.2) is 10.3 Å². The number of rotatable bonds is 3. The zero-order chi connectivity index (χ0) is 14.5. The first kappa shape index (κ1) is 14.5. The van der Waals surface area contributed by atoms with Crippen molar-refractivity contribution < 1.29 is 14.3 Å². The van der Waals surface area contributed by atoms with Crippen molar-refractivity contribution >= 4 is 12.0 Å². The second kappa shape index (κ2) is 6.53. The van der Waals surface area contributed by atoms with E-state index in [1.54, 1.807) is 0 Å². The van der Waals surface area contributed by atoms with Crippen molar-refractivity contribution in [3.8, 4) is 0 Å². The molecule has 1 aliphatic heterocycles. The standard InChI is InChI=1S/C12H21N5O3/c1-20-12(19)14-10-6-7-17(11(10)18)9-4-2-8(3-5-9)15-16-13/h8-10H,2-7H2,1H3,(H2,13,15)(H,14,19)/t8?,9?,10-/m1/s1. The molecule has 1 aliphatic carbocycles. The molecule has 8 heteroatoms. The summed E-state index contributed by atoms with van der Waals surface area (Å²) in [5, 5.41) is 9.86. The molecule has 1 saturated carbocycles. The number of nitrogens with one attached hydrogen (secondary N) is 1. The Morgan fingerprint density at radius 2 is 2.05 bits per heavy atom. The number of carbonyl (C=O) groups is 2. The zero-order valence-corrected chi connectivity index (χ0v) is 11.6. The Kier molecular flexibility index (Phi) is 4.75. The fraction of sp³-hybridized carbons (Fsp3) is 0.833. The average molecular weight is 283 g/mol. The zero-order valence-electron chi connectivity index (χ0n) is 11.6. The van der Waals surface area contributed by atoms with E-state index in [2.05, 4.69) is 20.4 Å². The van der Waals surface area contributed by atoms with Gasteiger partial charge in [-0.05, 0) is 32.1 Å². The number of ether oxygens (including phenoxy) is 1. The van der Waals surface area contributed by atoms with E-state index in [9.17, 15) is 9.59 Å². The number of amides is 2. The summed E-state index contributed by atoms with van der Waals surface area (Å²) in [5.41, 5.74) is 0. The highest BCUT2D eigenvalue weighted by molar-refractivity contribution is 5.87. The number of alkyl carbamates (subject to hydrolysis) is 1. The number of likely N-dealkylation sites (tertiary alicyclic amines) is 1. The minimum atomic E-state index is -0.558. The Bertz CT molecular complexity index is 393. The Balaban J connectivity index is 1.86. The third-order valence-corrected chi connectivity index (χ3v) is 4.05. The molecule has 0 aromatic heterocycles. The molecule has 1 saturated heterocycles. The fourth-order valence-electron chi connectivity index (χ4n) is 2.98. The van der Waals surface area contributed by atoms with E-state index in [1.165, 1.54) is 7.11 Å². The van der Waals surface area contributed by atoms with E-state index >= 15 is 0 Å². The Hall–Kier alpha value is -1.86. The van der Waals surface area contributed by atoms with Crippen molar-refractivity contribution in [2.45, 2.75) is 50.2 Å². The van der Waals surface area contributed by atoms with Gasteiger partial charge in [0.1, 0.15) is 6.04 Å². The smallest absolute Gasteiger partial charge is 0.407 e. The Morgan fingerprint density at radius 1 is 1.35 bits per heavy atom. The quantitative estimate of drug-likeness (QED) is 0.448. The molecule has 0 aromatic rings. The number of hydrogen-bond acceptors (Lipinski definition) is 5. The molecule has 2 aliphatic rings. The van der Waals surface area contributed by atoms with Crippen molar-refractivity contribution in [3.05, 3.63) is 0 Å². The predicted molar refractivity (Wildman–Crippen MR) is 70.7 cm³/mol. The van der Waals surface area contributed by atoms with E-state index in [4.69, 9.17) is 5.84 Å². The van der Waals surface area contributed by atoms with Gasteiger partial charge in [-0.2, -0.15) is 5.11 Å². The van der Waals surface area contributed by atoms with Crippen LogP contribution in [0.3, 0.4) is 0 Å². The molecule has 0 spiro atoms. The second-order valence-corrected chi connectivity index (χ2v) is 5.20. The minimum Gasteiger partial charge on any atom is -0.453 e. The summed E-state index contributed by atoms with van der Waals surface area (Å²) in [6.07, 6.45) is 3.67. The minimum absolute atomic E-state index is 0.0145. The summed E-state index contributed by atoms with van der Waals surface area (Å²) in [4.78, 5) is 25.3. The topological polar surface area (TPSA) is 109 Å². The molecule has 2 fully saturated rings. The Morgan fingerprint density at radius 3 is 2.65 bits per heavy atom. The summed E-state index contributed by atoms with van der Waals surface area (Å²) in [6.45, 7) is 0.682. The molecule has 8 nitrogen and oxygen atoms in total. The molecule has 0 bridgehead atoms. The first-order chi connectivity index (χ1) is 9.65.